The molecule has 72 valence electrons. The molecule has 0 aliphatic heterocycles. The van der Waals surface area contributed by atoms with Crippen molar-refractivity contribution in [2.75, 3.05) is 13.2 Å². The molecule has 0 aliphatic carbocycles. The van der Waals surface area contributed by atoms with Crippen molar-refractivity contribution in [1.29, 1.82) is 0 Å². The van der Waals surface area contributed by atoms with Crippen LogP contribution in [0.3, 0.4) is 0 Å². The molecule has 1 amide bonds. The molecule has 0 radical (unpaired) electrons. The predicted molar refractivity (Wildman–Crippen MR) is 45.9 cm³/mol. The minimum Gasteiger partial charge on any atom is -0.447 e. The SMILES string of the molecule is CCC(C)OC(=O)NCCCO. The van der Waals surface area contributed by atoms with Gasteiger partial charge in [-0.1, -0.05) is 6.92 Å². The molecule has 0 saturated heterocycles. The van der Waals surface area contributed by atoms with Crippen LogP contribution in [0.2, 0.25) is 0 Å². The van der Waals surface area contributed by atoms with Crippen molar-refractivity contribution in [2.24, 2.45) is 0 Å². The smallest absolute Gasteiger partial charge is 0.407 e. The highest BCUT2D eigenvalue weighted by atomic mass is 16.6. The zero-order chi connectivity index (χ0) is 9.40. The van der Waals surface area contributed by atoms with Gasteiger partial charge in [0.1, 0.15) is 6.10 Å². The standard InChI is InChI=1S/C8H17NO3/c1-3-7(2)12-8(11)9-5-4-6-10/h7,10H,3-6H2,1-2H3,(H,9,11). The molecule has 12 heavy (non-hydrogen) atoms. The molecule has 0 aromatic heterocycles. The number of amides is 1. The van der Waals surface area contributed by atoms with E-state index in [4.69, 9.17) is 9.84 Å². The Morgan fingerprint density at radius 2 is 2.33 bits per heavy atom. The predicted octanol–water partition coefficient (Wildman–Crippen LogP) is 0.893. The second-order valence-electron chi connectivity index (χ2n) is 2.63. The first kappa shape index (κ1) is 11.2. The Morgan fingerprint density at radius 1 is 1.67 bits per heavy atom. The van der Waals surface area contributed by atoms with Gasteiger partial charge in [-0.2, -0.15) is 0 Å². The van der Waals surface area contributed by atoms with E-state index in [2.05, 4.69) is 5.32 Å². The van der Waals surface area contributed by atoms with E-state index in [1.165, 1.54) is 0 Å². The number of aliphatic hydroxyl groups excluding tert-OH is 1. The molecular formula is C8H17NO3. The van der Waals surface area contributed by atoms with Crippen molar-refractivity contribution >= 4 is 6.09 Å². The first-order chi connectivity index (χ1) is 5.70. The van der Waals surface area contributed by atoms with Gasteiger partial charge < -0.3 is 15.2 Å². The van der Waals surface area contributed by atoms with Crippen molar-refractivity contribution in [1.82, 2.24) is 5.32 Å². The van der Waals surface area contributed by atoms with Gasteiger partial charge in [0.05, 0.1) is 0 Å². The number of aliphatic hydroxyl groups is 1. The van der Waals surface area contributed by atoms with Gasteiger partial charge in [0, 0.05) is 13.2 Å². The van der Waals surface area contributed by atoms with Crippen LogP contribution >= 0.6 is 0 Å². The highest BCUT2D eigenvalue weighted by molar-refractivity contribution is 5.67. The Morgan fingerprint density at radius 3 is 2.83 bits per heavy atom. The molecule has 0 aromatic carbocycles. The van der Waals surface area contributed by atoms with Crippen LogP contribution in [0.15, 0.2) is 0 Å². The summed E-state index contributed by atoms with van der Waals surface area (Å²) in [6.45, 7) is 4.34. The minimum absolute atomic E-state index is 0.0425. The molecule has 1 atom stereocenters. The van der Waals surface area contributed by atoms with Crippen LogP contribution in [0.4, 0.5) is 4.79 Å². The normalized spacial score (nSPS) is 12.2. The van der Waals surface area contributed by atoms with Crippen molar-refractivity contribution in [2.45, 2.75) is 32.8 Å². The summed E-state index contributed by atoms with van der Waals surface area (Å²) in [5, 5.41) is 10.9. The molecule has 1 unspecified atom stereocenters. The lowest BCUT2D eigenvalue weighted by Gasteiger charge is -2.11. The average molecular weight is 175 g/mol. The summed E-state index contributed by atoms with van der Waals surface area (Å²) >= 11 is 0. The molecule has 0 fully saturated rings. The fourth-order valence-corrected chi connectivity index (χ4v) is 0.577. The summed E-state index contributed by atoms with van der Waals surface area (Å²) in [6.07, 6.45) is 0.931. The van der Waals surface area contributed by atoms with E-state index in [1.807, 2.05) is 13.8 Å². The van der Waals surface area contributed by atoms with Crippen molar-refractivity contribution in [3.63, 3.8) is 0 Å². The lowest BCUT2D eigenvalue weighted by molar-refractivity contribution is 0.104. The highest BCUT2D eigenvalue weighted by Gasteiger charge is 2.05. The molecule has 2 N–H and O–H groups in total. The second-order valence-corrected chi connectivity index (χ2v) is 2.63. The minimum atomic E-state index is -0.405. The van der Waals surface area contributed by atoms with E-state index in [-0.39, 0.29) is 12.7 Å². The molecule has 0 aliphatic rings. The summed E-state index contributed by atoms with van der Waals surface area (Å²) in [5.74, 6) is 0. The highest BCUT2D eigenvalue weighted by Crippen LogP contribution is 1.95. The summed E-state index contributed by atoms with van der Waals surface area (Å²) < 4.78 is 4.91. The Hall–Kier alpha value is -0.770. The van der Waals surface area contributed by atoms with E-state index >= 15 is 0 Å². The van der Waals surface area contributed by atoms with Crippen LogP contribution in [-0.2, 0) is 4.74 Å². The van der Waals surface area contributed by atoms with Gasteiger partial charge in [-0.25, -0.2) is 4.79 Å². The molecule has 0 bridgehead atoms. The van der Waals surface area contributed by atoms with E-state index < -0.39 is 6.09 Å². The summed E-state index contributed by atoms with van der Waals surface area (Å²) in [4.78, 5) is 10.9. The monoisotopic (exact) mass is 175 g/mol. The first-order valence-electron chi connectivity index (χ1n) is 4.26. The summed E-state index contributed by atoms with van der Waals surface area (Å²) in [5.41, 5.74) is 0. The van der Waals surface area contributed by atoms with Crippen LogP contribution in [0.25, 0.3) is 0 Å². The average Bonchev–Trinajstić information content (AvgIpc) is 2.05. The van der Waals surface area contributed by atoms with Crippen LogP contribution in [-0.4, -0.2) is 30.5 Å². The van der Waals surface area contributed by atoms with Gasteiger partial charge >= 0.3 is 6.09 Å². The van der Waals surface area contributed by atoms with Crippen molar-refractivity contribution in [3.8, 4) is 0 Å². The van der Waals surface area contributed by atoms with Crippen molar-refractivity contribution < 1.29 is 14.6 Å². The number of hydrogen-bond acceptors (Lipinski definition) is 3. The van der Waals surface area contributed by atoms with Gasteiger partial charge in [-0.15, -0.1) is 0 Å². The Bertz CT molecular complexity index is 127. The number of ether oxygens (including phenoxy) is 1. The number of carbonyl (C=O) groups is 1. The molecule has 0 rings (SSSR count). The number of nitrogens with one attached hydrogen (secondary N) is 1. The molecule has 0 spiro atoms. The third kappa shape index (κ3) is 5.97. The third-order valence-corrected chi connectivity index (χ3v) is 1.49. The lowest BCUT2D eigenvalue weighted by Crippen LogP contribution is -2.28. The summed E-state index contributed by atoms with van der Waals surface area (Å²) in [6, 6.07) is 0. The van der Waals surface area contributed by atoms with Gasteiger partial charge in [0.2, 0.25) is 0 Å². The second kappa shape index (κ2) is 6.91. The largest absolute Gasteiger partial charge is 0.447 e. The molecular weight excluding hydrogens is 158 g/mol. The molecule has 4 nitrogen and oxygen atoms in total. The van der Waals surface area contributed by atoms with Gasteiger partial charge in [-0.3, -0.25) is 0 Å². The molecule has 0 heterocycles. The van der Waals surface area contributed by atoms with Gasteiger partial charge in [0.25, 0.3) is 0 Å². The topological polar surface area (TPSA) is 58.6 Å². The summed E-state index contributed by atoms with van der Waals surface area (Å²) in [7, 11) is 0. The maximum atomic E-state index is 10.9. The zero-order valence-corrected chi connectivity index (χ0v) is 7.67. The number of carbonyl (C=O) groups excluding carboxylic acids is 1. The van der Waals surface area contributed by atoms with E-state index in [1.54, 1.807) is 0 Å². The third-order valence-electron chi connectivity index (χ3n) is 1.49. The maximum absolute atomic E-state index is 10.9. The Kier molecular flexibility index (Phi) is 6.47. The zero-order valence-electron chi connectivity index (χ0n) is 7.67. The Labute approximate surface area is 72.9 Å². The van der Waals surface area contributed by atoms with E-state index in [0.717, 1.165) is 6.42 Å². The van der Waals surface area contributed by atoms with Crippen LogP contribution in [0.5, 0.6) is 0 Å². The first-order valence-corrected chi connectivity index (χ1v) is 4.26. The van der Waals surface area contributed by atoms with Gasteiger partial charge in [0.15, 0.2) is 0 Å². The maximum Gasteiger partial charge on any atom is 0.407 e. The number of rotatable bonds is 5. The van der Waals surface area contributed by atoms with Crippen LogP contribution in [0.1, 0.15) is 26.7 Å². The van der Waals surface area contributed by atoms with Crippen LogP contribution in [0, 0.1) is 0 Å². The quantitative estimate of drug-likeness (QED) is 0.610. The molecule has 4 heteroatoms. The Balaban J connectivity index is 3.33. The fraction of sp³-hybridized carbons (Fsp3) is 0.875. The number of hydrogen-bond donors (Lipinski definition) is 2. The molecule has 0 aromatic rings. The fourth-order valence-electron chi connectivity index (χ4n) is 0.577. The van der Waals surface area contributed by atoms with E-state index in [0.29, 0.717) is 13.0 Å². The van der Waals surface area contributed by atoms with Crippen molar-refractivity contribution in [3.05, 3.63) is 0 Å². The lowest BCUT2D eigenvalue weighted by atomic mass is 10.3. The molecule has 0 saturated carbocycles. The van der Waals surface area contributed by atoms with Crippen LogP contribution < -0.4 is 5.32 Å². The van der Waals surface area contributed by atoms with E-state index in [9.17, 15) is 4.79 Å². The van der Waals surface area contributed by atoms with Gasteiger partial charge in [-0.05, 0) is 19.8 Å². The number of alkyl carbamates (subject to hydrolysis) is 1.